The Labute approximate surface area is 159 Å². The smallest absolute Gasteiger partial charge is 0.321 e. The zero-order valence-corrected chi connectivity index (χ0v) is 16.4. The molecule has 27 heavy (non-hydrogen) atoms. The van der Waals surface area contributed by atoms with Crippen LogP contribution in [0.4, 0.5) is 10.5 Å². The van der Waals surface area contributed by atoms with Gasteiger partial charge < -0.3 is 15.1 Å². The lowest BCUT2D eigenvalue weighted by atomic mass is 10.1. The van der Waals surface area contributed by atoms with Gasteiger partial charge in [0.15, 0.2) is 0 Å². The summed E-state index contributed by atoms with van der Waals surface area (Å²) in [6.45, 7) is 6.00. The van der Waals surface area contributed by atoms with Crippen LogP contribution in [0.25, 0.3) is 0 Å². The fourth-order valence-corrected chi connectivity index (χ4v) is 3.47. The largest absolute Gasteiger partial charge is 0.345 e. The summed E-state index contributed by atoms with van der Waals surface area (Å²) in [6.07, 6.45) is 0.509. The number of urea groups is 1. The molecular formula is C20H27N5O2. The fraction of sp³-hybridized carbons (Fsp3) is 0.450. The molecule has 3 rings (SSSR count). The number of aryl methyl sites for hydroxylation is 2. The Hall–Kier alpha value is -2.83. The highest BCUT2D eigenvalue weighted by Crippen LogP contribution is 2.18. The van der Waals surface area contributed by atoms with Gasteiger partial charge in [-0.25, -0.2) is 4.79 Å². The number of aromatic nitrogens is 2. The topological polar surface area (TPSA) is 70.5 Å². The molecule has 1 saturated heterocycles. The first-order valence-electron chi connectivity index (χ1n) is 9.18. The molecule has 1 aromatic heterocycles. The van der Waals surface area contributed by atoms with Gasteiger partial charge in [0.05, 0.1) is 12.2 Å². The molecule has 0 aliphatic carbocycles. The van der Waals surface area contributed by atoms with Crippen LogP contribution in [0.5, 0.6) is 0 Å². The van der Waals surface area contributed by atoms with E-state index in [9.17, 15) is 9.59 Å². The molecule has 0 saturated carbocycles. The number of amides is 3. The molecule has 3 amide bonds. The zero-order chi connectivity index (χ0) is 19.6. The SMILES string of the molecule is Cc1cc(C)n(Cc2ccc(NC(=O)N(C)CC3CC(=O)N(C)C3)cc2)n1. The van der Waals surface area contributed by atoms with Gasteiger partial charge in [0.25, 0.3) is 0 Å². The van der Waals surface area contributed by atoms with Crippen LogP contribution in [-0.4, -0.2) is 58.7 Å². The molecule has 1 aromatic carbocycles. The van der Waals surface area contributed by atoms with Gasteiger partial charge in [-0.1, -0.05) is 12.1 Å². The van der Waals surface area contributed by atoms with Crippen LogP contribution in [0.1, 0.15) is 23.4 Å². The highest BCUT2D eigenvalue weighted by atomic mass is 16.2. The molecule has 1 aliphatic heterocycles. The van der Waals surface area contributed by atoms with Crippen LogP contribution in [0.3, 0.4) is 0 Å². The van der Waals surface area contributed by atoms with Crippen molar-refractivity contribution in [3.8, 4) is 0 Å². The first-order chi connectivity index (χ1) is 12.8. The fourth-order valence-electron chi connectivity index (χ4n) is 3.47. The molecule has 2 heterocycles. The van der Waals surface area contributed by atoms with Crippen molar-refractivity contribution in [3.05, 3.63) is 47.3 Å². The summed E-state index contributed by atoms with van der Waals surface area (Å²) in [7, 11) is 3.56. The maximum absolute atomic E-state index is 12.4. The Bertz CT molecular complexity index is 827. The molecular weight excluding hydrogens is 342 g/mol. The minimum Gasteiger partial charge on any atom is -0.345 e. The number of carbonyl (C=O) groups is 2. The number of nitrogens with zero attached hydrogens (tertiary/aromatic N) is 4. The number of rotatable bonds is 5. The van der Waals surface area contributed by atoms with E-state index in [1.165, 1.54) is 0 Å². The van der Waals surface area contributed by atoms with E-state index in [1.807, 2.05) is 42.8 Å². The van der Waals surface area contributed by atoms with Crippen molar-refractivity contribution in [3.63, 3.8) is 0 Å². The van der Waals surface area contributed by atoms with E-state index in [-0.39, 0.29) is 17.9 Å². The molecule has 7 nitrogen and oxygen atoms in total. The first kappa shape index (κ1) is 18.9. The Balaban J connectivity index is 1.53. The summed E-state index contributed by atoms with van der Waals surface area (Å²) in [5.74, 6) is 0.341. The molecule has 1 aliphatic rings. The maximum atomic E-state index is 12.4. The van der Waals surface area contributed by atoms with Crippen molar-refractivity contribution in [2.45, 2.75) is 26.8 Å². The second-order valence-corrected chi connectivity index (χ2v) is 7.44. The standard InChI is InChI=1S/C20H27N5O2/c1-14-9-15(2)25(22-14)13-16-5-7-18(8-6-16)21-20(27)24(4)12-17-10-19(26)23(3)11-17/h5-9,17H,10-13H2,1-4H3,(H,21,27). The van der Waals surface area contributed by atoms with E-state index in [4.69, 9.17) is 0 Å². The van der Waals surface area contributed by atoms with Crippen molar-refractivity contribution >= 4 is 17.6 Å². The van der Waals surface area contributed by atoms with E-state index in [2.05, 4.69) is 16.5 Å². The van der Waals surface area contributed by atoms with Crippen molar-refractivity contribution in [2.75, 3.05) is 32.5 Å². The third kappa shape index (κ3) is 4.67. The second kappa shape index (κ2) is 7.82. The lowest BCUT2D eigenvalue weighted by Gasteiger charge is -2.21. The van der Waals surface area contributed by atoms with Gasteiger partial charge in [-0.05, 0) is 37.6 Å². The third-order valence-electron chi connectivity index (χ3n) is 4.94. The maximum Gasteiger partial charge on any atom is 0.321 e. The van der Waals surface area contributed by atoms with Crippen LogP contribution < -0.4 is 5.32 Å². The summed E-state index contributed by atoms with van der Waals surface area (Å²) in [5.41, 5.74) is 4.01. The Kier molecular flexibility index (Phi) is 5.48. The quantitative estimate of drug-likeness (QED) is 0.880. The summed E-state index contributed by atoms with van der Waals surface area (Å²) in [5, 5.41) is 7.38. The average Bonchev–Trinajstić information content (AvgIpc) is 3.09. The van der Waals surface area contributed by atoms with Crippen molar-refractivity contribution in [2.24, 2.45) is 5.92 Å². The minimum absolute atomic E-state index is 0.145. The molecule has 7 heteroatoms. The van der Waals surface area contributed by atoms with E-state index in [1.54, 1.807) is 23.9 Å². The van der Waals surface area contributed by atoms with Gasteiger partial charge in [-0.2, -0.15) is 5.10 Å². The van der Waals surface area contributed by atoms with Crippen molar-refractivity contribution < 1.29 is 9.59 Å². The third-order valence-corrected chi connectivity index (χ3v) is 4.94. The Morgan fingerprint density at radius 2 is 2.00 bits per heavy atom. The van der Waals surface area contributed by atoms with Crippen molar-refractivity contribution in [1.82, 2.24) is 19.6 Å². The first-order valence-corrected chi connectivity index (χ1v) is 9.18. The lowest BCUT2D eigenvalue weighted by Crippen LogP contribution is -2.35. The normalized spacial score (nSPS) is 16.7. The summed E-state index contributed by atoms with van der Waals surface area (Å²) < 4.78 is 1.97. The number of hydrogen-bond donors (Lipinski definition) is 1. The number of carbonyl (C=O) groups excluding carboxylic acids is 2. The predicted molar refractivity (Wildman–Crippen MR) is 105 cm³/mol. The number of likely N-dealkylation sites (tertiary alicyclic amines) is 1. The number of hydrogen-bond acceptors (Lipinski definition) is 3. The molecule has 1 atom stereocenters. The van der Waals surface area contributed by atoms with Gasteiger partial charge in [-0.3, -0.25) is 9.48 Å². The highest BCUT2D eigenvalue weighted by Gasteiger charge is 2.28. The molecule has 1 N–H and O–H groups in total. The van der Waals surface area contributed by atoms with Gasteiger partial charge in [-0.15, -0.1) is 0 Å². The van der Waals surface area contributed by atoms with Gasteiger partial charge >= 0.3 is 6.03 Å². The van der Waals surface area contributed by atoms with Crippen LogP contribution >= 0.6 is 0 Å². The van der Waals surface area contributed by atoms with Crippen LogP contribution in [0, 0.1) is 19.8 Å². The summed E-state index contributed by atoms with van der Waals surface area (Å²) >= 11 is 0. The second-order valence-electron chi connectivity index (χ2n) is 7.44. The molecule has 0 bridgehead atoms. The molecule has 0 radical (unpaired) electrons. The molecule has 1 fully saturated rings. The Morgan fingerprint density at radius 1 is 1.30 bits per heavy atom. The van der Waals surface area contributed by atoms with Crippen molar-refractivity contribution in [1.29, 1.82) is 0 Å². The van der Waals surface area contributed by atoms with Gasteiger partial charge in [0.2, 0.25) is 5.91 Å². The summed E-state index contributed by atoms with van der Waals surface area (Å²) in [4.78, 5) is 27.4. The monoisotopic (exact) mass is 369 g/mol. The van der Waals surface area contributed by atoms with Gasteiger partial charge in [0, 0.05) is 50.9 Å². The van der Waals surface area contributed by atoms with E-state index >= 15 is 0 Å². The van der Waals surface area contributed by atoms with E-state index in [0.717, 1.165) is 22.6 Å². The van der Waals surface area contributed by atoms with Crippen LogP contribution in [0.2, 0.25) is 0 Å². The predicted octanol–water partition coefficient (Wildman–Crippen LogP) is 2.49. The highest BCUT2D eigenvalue weighted by molar-refractivity contribution is 5.89. The van der Waals surface area contributed by atoms with Crippen LogP contribution in [-0.2, 0) is 11.3 Å². The number of nitrogens with one attached hydrogen (secondary N) is 1. The summed E-state index contributed by atoms with van der Waals surface area (Å²) in [6, 6.07) is 9.69. The van der Waals surface area contributed by atoms with Crippen LogP contribution in [0.15, 0.2) is 30.3 Å². The van der Waals surface area contributed by atoms with E-state index in [0.29, 0.717) is 26.1 Å². The lowest BCUT2D eigenvalue weighted by molar-refractivity contribution is -0.126. The van der Waals surface area contributed by atoms with Gasteiger partial charge in [0.1, 0.15) is 0 Å². The molecule has 1 unspecified atom stereocenters. The molecule has 0 spiro atoms. The average molecular weight is 369 g/mol. The molecule has 2 aromatic rings. The minimum atomic E-state index is -0.164. The number of benzene rings is 1. The van der Waals surface area contributed by atoms with E-state index < -0.39 is 0 Å². The number of anilines is 1. The Morgan fingerprint density at radius 3 is 2.56 bits per heavy atom. The zero-order valence-electron chi connectivity index (χ0n) is 16.4. The molecule has 144 valence electrons.